The third-order valence-corrected chi connectivity index (χ3v) is 4.76. The highest BCUT2D eigenvalue weighted by Gasteiger charge is 2.20. The predicted octanol–water partition coefficient (Wildman–Crippen LogP) is 2.32. The number of rotatable bonds is 5. The number of aliphatic hydroxyl groups is 1. The second-order valence-electron chi connectivity index (χ2n) is 5.14. The number of ether oxygens (including phenoxy) is 1. The van der Waals surface area contributed by atoms with Gasteiger partial charge in [-0.3, -0.25) is 4.90 Å². The van der Waals surface area contributed by atoms with Crippen LogP contribution in [0.3, 0.4) is 0 Å². The molecule has 7 heteroatoms. The van der Waals surface area contributed by atoms with Crippen molar-refractivity contribution in [2.75, 3.05) is 26.3 Å². The SMILES string of the molecule is OCCOC1CCN(Cc2nc(Cl)c3ccsc3n2)CC1. The van der Waals surface area contributed by atoms with Gasteiger partial charge < -0.3 is 9.84 Å². The summed E-state index contributed by atoms with van der Waals surface area (Å²) in [6.07, 6.45) is 2.22. The van der Waals surface area contributed by atoms with Crippen LogP contribution in [0.4, 0.5) is 0 Å². The predicted molar refractivity (Wildman–Crippen MR) is 83.8 cm³/mol. The molecule has 1 aliphatic heterocycles. The van der Waals surface area contributed by atoms with E-state index in [1.807, 2.05) is 11.4 Å². The topological polar surface area (TPSA) is 58.5 Å². The van der Waals surface area contributed by atoms with E-state index in [0.717, 1.165) is 48.5 Å². The molecule has 0 spiro atoms. The molecule has 0 aliphatic carbocycles. The maximum atomic E-state index is 8.78. The molecule has 0 amide bonds. The summed E-state index contributed by atoms with van der Waals surface area (Å²) in [7, 11) is 0. The van der Waals surface area contributed by atoms with Gasteiger partial charge in [-0.15, -0.1) is 11.3 Å². The second-order valence-corrected chi connectivity index (χ2v) is 6.39. The first-order valence-corrected chi connectivity index (χ1v) is 8.36. The highest BCUT2D eigenvalue weighted by atomic mass is 35.5. The molecular weight excluding hydrogens is 310 g/mol. The van der Waals surface area contributed by atoms with Gasteiger partial charge in [0, 0.05) is 18.5 Å². The Morgan fingerprint density at radius 3 is 2.95 bits per heavy atom. The summed E-state index contributed by atoms with van der Waals surface area (Å²) in [5.41, 5.74) is 0. The summed E-state index contributed by atoms with van der Waals surface area (Å²) in [6.45, 7) is 3.16. The van der Waals surface area contributed by atoms with Crippen molar-refractivity contribution < 1.29 is 9.84 Å². The first-order chi connectivity index (χ1) is 10.3. The molecule has 0 aromatic carbocycles. The Balaban J connectivity index is 1.59. The Morgan fingerprint density at radius 1 is 1.38 bits per heavy atom. The molecule has 0 saturated carbocycles. The molecule has 21 heavy (non-hydrogen) atoms. The van der Waals surface area contributed by atoms with E-state index in [-0.39, 0.29) is 12.7 Å². The highest BCUT2D eigenvalue weighted by molar-refractivity contribution is 7.16. The van der Waals surface area contributed by atoms with Crippen LogP contribution in [-0.2, 0) is 11.3 Å². The maximum Gasteiger partial charge on any atom is 0.145 e. The van der Waals surface area contributed by atoms with Crippen LogP contribution in [0.15, 0.2) is 11.4 Å². The normalized spacial score (nSPS) is 17.6. The molecule has 1 aliphatic rings. The van der Waals surface area contributed by atoms with Crippen LogP contribution in [0, 0.1) is 0 Å². The minimum Gasteiger partial charge on any atom is -0.394 e. The first-order valence-electron chi connectivity index (χ1n) is 7.10. The number of halogens is 1. The molecule has 1 saturated heterocycles. The van der Waals surface area contributed by atoms with Crippen LogP contribution in [0.25, 0.3) is 10.2 Å². The van der Waals surface area contributed by atoms with Crippen molar-refractivity contribution in [1.82, 2.24) is 14.9 Å². The number of hydrogen-bond acceptors (Lipinski definition) is 6. The van der Waals surface area contributed by atoms with Crippen LogP contribution in [-0.4, -0.2) is 52.4 Å². The van der Waals surface area contributed by atoms with E-state index in [9.17, 15) is 0 Å². The van der Waals surface area contributed by atoms with Gasteiger partial charge in [-0.1, -0.05) is 11.6 Å². The highest BCUT2D eigenvalue weighted by Crippen LogP contribution is 2.25. The van der Waals surface area contributed by atoms with Gasteiger partial charge in [-0.25, -0.2) is 9.97 Å². The van der Waals surface area contributed by atoms with E-state index >= 15 is 0 Å². The van der Waals surface area contributed by atoms with Crippen LogP contribution >= 0.6 is 22.9 Å². The molecule has 2 aromatic heterocycles. The van der Waals surface area contributed by atoms with Gasteiger partial charge in [0.15, 0.2) is 0 Å². The van der Waals surface area contributed by atoms with Crippen LogP contribution in [0.1, 0.15) is 18.7 Å². The fourth-order valence-corrected chi connectivity index (χ4v) is 3.67. The molecule has 0 radical (unpaired) electrons. The van der Waals surface area contributed by atoms with E-state index in [4.69, 9.17) is 21.4 Å². The lowest BCUT2D eigenvalue weighted by Crippen LogP contribution is -2.37. The minimum absolute atomic E-state index is 0.0907. The second kappa shape index (κ2) is 6.98. The van der Waals surface area contributed by atoms with Crippen molar-refractivity contribution >= 4 is 33.2 Å². The zero-order valence-corrected chi connectivity index (χ0v) is 13.2. The van der Waals surface area contributed by atoms with E-state index in [2.05, 4.69) is 14.9 Å². The molecule has 3 rings (SSSR count). The first kappa shape index (κ1) is 15.1. The minimum atomic E-state index is 0.0907. The number of hydrogen-bond donors (Lipinski definition) is 1. The number of nitrogens with zero attached hydrogens (tertiary/aromatic N) is 3. The lowest BCUT2D eigenvalue weighted by molar-refractivity contribution is -0.00936. The third-order valence-electron chi connectivity index (χ3n) is 3.67. The van der Waals surface area contributed by atoms with Gasteiger partial charge in [-0.05, 0) is 24.3 Å². The van der Waals surface area contributed by atoms with Crippen LogP contribution in [0.5, 0.6) is 0 Å². The Kier molecular flexibility index (Phi) is 5.03. The van der Waals surface area contributed by atoms with Gasteiger partial charge in [0.1, 0.15) is 15.8 Å². The average Bonchev–Trinajstić information content (AvgIpc) is 2.95. The maximum absolute atomic E-state index is 8.78. The fraction of sp³-hybridized carbons (Fsp3) is 0.571. The number of aliphatic hydroxyl groups excluding tert-OH is 1. The van der Waals surface area contributed by atoms with E-state index < -0.39 is 0 Å². The summed E-state index contributed by atoms with van der Waals surface area (Å²) in [6, 6.07) is 1.95. The molecule has 1 N–H and O–H groups in total. The molecule has 5 nitrogen and oxygen atoms in total. The standard InChI is InChI=1S/C14H18ClN3O2S/c15-13-11-3-8-21-14(11)17-12(16-13)9-18-4-1-10(2-5-18)20-7-6-19/h3,8,10,19H,1-2,4-7,9H2. The number of aromatic nitrogens is 2. The van der Waals surface area contributed by atoms with Crippen molar-refractivity contribution in [2.24, 2.45) is 0 Å². The van der Waals surface area contributed by atoms with Gasteiger partial charge in [0.05, 0.1) is 25.9 Å². The summed E-state index contributed by atoms with van der Waals surface area (Å²) in [4.78, 5) is 12.2. The molecule has 3 heterocycles. The van der Waals surface area contributed by atoms with Crippen molar-refractivity contribution in [1.29, 1.82) is 0 Å². The van der Waals surface area contributed by atoms with Crippen LogP contribution in [0.2, 0.25) is 5.15 Å². The lowest BCUT2D eigenvalue weighted by Gasteiger charge is -2.31. The molecule has 2 aromatic rings. The Hall–Kier alpha value is -0.790. The van der Waals surface area contributed by atoms with Crippen molar-refractivity contribution in [3.05, 3.63) is 22.4 Å². The molecule has 0 unspecified atom stereocenters. The lowest BCUT2D eigenvalue weighted by atomic mass is 10.1. The molecule has 1 fully saturated rings. The third kappa shape index (κ3) is 3.70. The Morgan fingerprint density at radius 2 is 2.19 bits per heavy atom. The summed E-state index contributed by atoms with van der Waals surface area (Å²) >= 11 is 7.78. The Bertz CT molecular complexity index is 599. The monoisotopic (exact) mass is 327 g/mol. The number of fused-ring (bicyclic) bond motifs is 1. The van der Waals surface area contributed by atoms with Crippen molar-refractivity contribution in [2.45, 2.75) is 25.5 Å². The summed E-state index contributed by atoms with van der Waals surface area (Å²) in [5, 5.41) is 12.2. The quantitative estimate of drug-likeness (QED) is 0.854. The van der Waals surface area contributed by atoms with Gasteiger partial charge in [0.2, 0.25) is 0 Å². The van der Waals surface area contributed by atoms with Crippen LogP contribution < -0.4 is 0 Å². The molecular formula is C14H18ClN3O2S. The average molecular weight is 328 g/mol. The number of thiophene rings is 1. The molecule has 0 bridgehead atoms. The summed E-state index contributed by atoms with van der Waals surface area (Å²) < 4.78 is 5.57. The van der Waals surface area contributed by atoms with E-state index in [0.29, 0.717) is 11.8 Å². The van der Waals surface area contributed by atoms with Crippen molar-refractivity contribution in [3.63, 3.8) is 0 Å². The smallest absolute Gasteiger partial charge is 0.145 e. The molecule has 114 valence electrons. The zero-order valence-electron chi connectivity index (χ0n) is 11.7. The Labute approximate surface area is 132 Å². The largest absolute Gasteiger partial charge is 0.394 e. The number of piperidine rings is 1. The van der Waals surface area contributed by atoms with Gasteiger partial charge in [0.25, 0.3) is 0 Å². The fourth-order valence-electron chi connectivity index (χ4n) is 2.58. The summed E-state index contributed by atoms with van der Waals surface area (Å²) in [5.74, 6) is 0.782. The van der Waals surface area contributed by atoms with Gasteiger partial charge >= 0.3 is 0 Å². The van der Waals surface area contributed by atoms with Gasteiger partial charge in [-0.2, -0.15) is 0 Å². The molecule has 0 atom stereocenters. The van der Waals surface area contributed by atoms with E-state index in [1.54, 1.807) is 11.3 Å². The van der Waals surface area contributed by atoms with E-state index in [1.165, 1.54) is 0 Å². The van der Waals surface area contributed by atoms with Crippen molar-refractivity contribution in [3.8, 4) is 0 Å². The number of likely N-dealkylation sites (tertiary alicyclic amines) is 1. The zero-order chi connectivity index (χ0) is 14.7.